The maximum absolute atomic E-state index is 13.1. The number of hydrogen-bond donors (Lipinski definition) is 0. The molecule has 1 aliphatic carbocycles. The van der Waals surface area contributed by atoms with E-state index in [4.69, 9.17) is 4.74 Å². The third kappa shape index (κ3) is 4.17. The summed E-state index contributed by atoms with van der Waals surface area (Å²) in [5, 5.41) is 0. The van der Waals surface area contributed by atoms with Crippen LogP contribution in [-0.2, 0) is 4.79 Å². The lowest BCUT2D eigenvalue weighted by Crippen LogP contribution is -2.48. The zero-order chi connectivity index (χ0) is 18.7. The Hall–Kier alpha value is -2.11. The molecule has 2 heterocycles. The highest BCUT2D eigenvalue weighted by Crippen LogP contribution is 2.32. The fourth-order valence-electron chi connectivity index (χ4n) is 3.52. The standard InChI is InChI=1S/C20H29N3O3/c1-4-26-19-16(6-5-10-21-19)20(25)22-11-9-18(24)23(12-15-7-8-15)17(13-22)14(2)3/h5-6,10,14-15,17H,4,7-9,11-13H2,1-3H3. The van der Waals surface area contributed by atoms with Gasteiger partial charge >= 0.3 is 0 Å². The molecule has 1 aromatic heterocycles. The molecule has 1 unspecified atom stereocenters. The minimum atomic E-state index is -0.103. The van der Waals surface area contributed by atoms with Crippen LogP contribution < -0.4 is 4.74 Å². The van der Waals surface area contributed by atoms with Gasteiger partial charge < -0.3 is 14.5 Å². The van der Waals surface area contributed by atoms with Crippen LogP contribution in [0.5, 0.6) is 5.88 Å². The molecule has 26 heavy (non-hydrogen) atoms. The largest absolute Gasteiger partial charge is 0.477 e. The zero-order valence-corrected chi connectivity index (χ0v) is 16.0. The van der Waals surface area contributed by atoms with Crippen molar-refractivity contribution in [3.63, 3.8) is 0 Å². The molecule has 0 radical (unpaired) electrons. The van der Waals surface area contributed by atoms with Crippen molar-refractivity contribution in [3.05, 3.63) is 23.9 Å². The highest BCUT2D eigenvalue weighted by Gasteiger charge is 2.37. The average Bonchev–Trinajstić information content (AvgIpc) is 3.45. The summed E-state index contributed by atoms with van der Waals surface area (Å²) in [6, 6.07) is 3.55. The molecule has 0 spiro atoms. The van der Waals surface area contributed by atoms with E-state index < -0.39 is 0 Å². The predicted octanol–water partition coefficient (Wildman–Crippen LogP) is 2.59. The Bertz CT molecular complexity index is 657. The van der Waals surface area contributed by atoms with Gasteiger partial charge in [-0.2, -0.15) is 0 Å². The molecule has 1 saturated heterocycles. The Morgan fingerprint density at radius 2 is 2.15 bits per heavy atom. The Labute approximate surface area is 155 Å². The highest BCUT2D eigenvalue weighted by atomic mass is 16.5. The van der Waals surface area contributed by atoms with Crippen LogP contribution in [0.15, 0.2) is 18.3 Å². The maximum Gasteiger partial charge on any atom is 0.259 e. The molecule has 3 rings (SSSR count). The van der Waals surface area contributed by atoms with E-state index in [-0.39, 0.29) is 17.9 Å². The van der Waals surface area contributed by atoms with Gasteiger partial charge in [-0.05, 0) is 43.7 Å². The first kappa shape index (κ1) is 18.7. The van der Waals surface area contributed by atoms with Crippen LogP contribution in [-0.4, -0.2) is 58.9 Å². The fraction of sp³-hybridized carbons (Fsp3) is 0.650. The molecule has 6 heteroatoms. The van der Waals surface area contributed by atoms with Gasteiger partial charge in [0.25, 0.3) is 5.91 Å². The van der Waals surface area contributed by atoms with Crippen LogP contribution in [0.4, 0.5) is 0 Å². The van der Waals surface area contributed by atoms with Crippen molar-refractivity contribution in [2.45, 2.75) is 46.1 Å². The van der Waals surface area contributed by atoms with Gasteiger partial charge in [0.05, 0.1) is 12.6 Å². The Kier molecular flexibility index (Phi) is 5.79. The van der Waals surface area contributed by atoms with Crippen molar-refractivity contribution in [3.8, 4) is 5.88 Å². The minimum absolute atomic E-state index is 0.0572. The van der Waals surface area contributed by atoms with Gasteiger partial charge in [-0.25, -0.2) is 4.98 Å². The summed E-state index contributed by atoms with van der Waals surface area (Å²) in [7, 11) is 0. The Balaban J connectivity index is 1.81. The third-order valence-corrected chi connectivity index (χ3v) is 5.21. The molecule has 0 aromatic carbocycles. The molecule has 1 atom stereocenters. The Morgan fingerprint density at radius 1 is 1.38 bits per heavy atom. The summed E-state index contributed by atoms with van der Waals surface area (Å²) >= 11 is 0. The van der Waals surface area contributed by atoms with Crippen LogP contribution in [0, 0.1) is 11.8 Å². The van der Waals surface area contributed by atoms with Gasteiger partial charge in [0, 0.05) is 32.3 Å². The van der Waals surface area contributed by atoms with E-state index in [1.165, 1.54) is 12.8 Å². The summed E-state index contributed by atoms with van der Waals surface area (Å²) < 4.78 is 5.52. The van der Waals surface area contributed by atoms with E-state index in [2.05, 4.69) is 18.8 Å². The number of pyridine rings is 1. The van der Waals surface area contributed by atoms with Gasteiger partial charge in [-0.3, -0.25) is 9.59 Å². The lowest BCUT2D eigenvalue weighted by atomic mass is 10.0. The maximum atomic E-state index is 13.1. The van der Waals surface area contributed by atoms with Crippen LogP contribution >= 0.6 is 0 Å². The third-order valence-electron chi connectivity index (χ3n) is 5.21. The quantitative estimate of drug-likeness (QED) is 0.783. The molecule has 2 amide bonds. The smallest absolute Gasteiger partial charge is 0.259 e. The first-order chi connectivity index (χ1) is 12.5. The molecule has 6 nitrogen and oxygen atoms in total. The van der Waals surface area contributed by atoms with Gasteiger partial charge in [0.15, 0.2) is 0 Å². The van der Waals surface area contributed by atoms with E-state index in [0.717, 1.165) is 6.54 Å². The van der Waals surface area contributed by atoms with Gasteiger partial charge in [-0.15, -0.1) is 0 Å². The first-order valence-corrected chi connectivity index (χ1v) is 9.67. The average molecular weight is 359 g/mol. The van der Waals surface area contributed by atoms with Crippen molar-refractivity contribution < 1.29 is 14.3 Å². The number of ether oxygens (including phenoxy) is 1. The molecular formula is C20H29N3O3. The number of carbonyl (C=O) groups excluding carboxylic acids is 2. The molecule has 1 aliphatic heterocycles. The number of aromatic nitrogens is 1. The second-order valence-electron chi connectivity index (χ2n) is 7.59. The SMILES string of the molecule is CCOc1ncccc1C(=O)N1CCC(=O)N(CC2CC2)C(C(C)C)C1. The summed E-state index contributed by atoms with van der Waals surface area (Å²) in [5.41, 5.74) is 0.472. The molecular weight excluding hydrogens is 330 g/mol. The second kappa shape index (κ2) is 8.06. The van der Waals surface area contributed by atoms with Gasteiger partial charge in [-0.1, -0.05) is 13.8 Å². The summed E-state index contributed by atoms with van der Waals surface area (Å²) in [5.74, 6) is 1.37. The zero-order valence-electron chi connectivity index (χ0n) is 16.0. The van der Waals surface area contributed by atoms with Crippen molar-refractivity contribution in [1.29, 1.82) is 0 Å². The normalized spacial score (nSPS) is 21.1. The van der Waals surface area contributed by atoms with E-state index in [9.17, 15) is 9.59 Å². The van der Waals surface area contributed by atoms with Crippen molar-refractivity contribution in [1.82, 2.24) is 14.8 Å². The summed E-state index contributed by atoms with van der Waals surface area (Å²) in [6.07, 6.45) is 4.43. The molecule has 2 fully saturated rings. The topological polar surface area (TPSA) is 62.7 Å². The first-order valence-electron chi connectivity index (χ1n) is 9.67. The molecule has 1 aromatic rings. The second-order valence-corrected chi connectivity index (χ2v) is 7.59. The number of hydrogen-bond acceptors (Lipinski definition) is 4. The van der Waals surface area contributed by atoms with Crippen LogP contribution in [0.3, 0.4) is 0 Å². The number of carbonyl (C=O) groups is 2. The molecule has 142 valence electrons. The fourth-order valence-corrected chi connectivity index (χ4v) is 3.52. The van der Waals surface area contributed by atoms with E-state index in [1.807, 2.05) is 11.8 Å². The van der Waals surface area contributed by atoms with Crippen LogP contribution in [0.25, 0.3) is 0 Å². The monoisotopic (exact) mass is 359 g/mol. The summed E-state index contributed by atoms with van der Waals surface area (Å²) in [6.45, 7) is 8.43. The minimum Gasteiger partial charge on any atom is -0.477 e. The lowest BCUT2D eigenvalue weighted by molar-refractivity contribution is -0.133. The number of rotatable bonds is 6. The van der Waals surface area contributed by atoms with Crippen molar-refractivity contribution in [2.75, 3.05) is 26.2 Å². The number of amides is 2. The van der Waals surface area contributed by atoms with Gasteiger partial charge in [0.2, 0.25) is 11.8 Å². The number of nitrogens with zero attached hydrogens (tertiary/aromatic N) is 3. The lowest BCUT2D eigenvalue weighted by Gasteiger charge is -2.35. The molecule has 0 bridgehead atoms. The molecule has 1 saturated carbocycles. The van der Waals surface area contributed by atoms with Crippen LogP contribution in [0.1, 0.15) is 50.4 Å². The van der Waals surface area contributed by atoms with Crippen molar-refractivity contribution >= 4 is 11.8 Å². The van der Waals surface area contributed by atoms with E-state index in [1.54, 1.807) is 23.2 Å². The van der Waals surface area contributed by atoms with Crippen LogP contribution in [0.2, 0.25) is 0 Å². The predicted molar refractivity (Wildman–Crippen MR) is 99.0 cm³/mol. The van der Waals surface area contributed by atoms with E-state index in [0.29, 0.717) is 49.4 Å². The summed E-state index contributed by atoms with van der Waals surface area (Å²) in [4.78, 5) is 33.9. The highest BCUT2D eigenvalue weighted by molar-refractivity contribution is 5.96. The van der Waals surface area contributed by atoms with Gasteiger partial charge in [0.1, 0.15) is 5.56 Å². The Morgan fingerprint density at radius 3 is 2.81 bits per heavy atom. The molecule has 2 aliphatic rings. The van der Waals surface area contributed by atoms with E-state index >= 15 is 0 Å². The molecule has 0 N–H and O–H groups in total. The van der Waals surface area contributed by atoms with Crippen molar-refractivity contribution in [2.24, 2.45) is 11.8 Å².